The summed E-state index contributed by atoms with van der Waals surface area (Å²) in [5.74, 6) is 1.27. The molecule has 0 amide bonds. The molecule has 0 bridgehead atoms. The maximum absolute atomic E-state index is 11.3. The van der Waals surface area contributed by atoms with E-state index in [0.29, 0.717) is 42.8 Å². The number of carboxylic acids is 1. The van der Waals surface area contributed by atoms with Gasteiger partial charge in [0, 0.05) is 41.6 Å². The molecule has 202 valence electrons. The number of aromatic nitrogens is 1. The summed E-state index contributed by atoms with van der Waals surface area (Å²) in [7, 11) is -1.42. The van der Waals surface area contributed by atoms with Gasteiger partial charge in [-0.3, -0.25) is 4.79 Å². The lowest BCUT2D eigenvalue weighted by Crippen LogP contribution is -2.08. The molecule has 3 aromatic rings. The van der Waals surface area contributed by atoms with E-state index in [1.807, 2.05) is 37.3 Å². The minimum Gasteiger partial charge on any atom is -0.496 e. The summed E-state index contributed by atoms with van der Waals surface area (Å²) in [5, 5.41) is 9.07. The standard InChI is InChI=1S/C28H31NO8S/c1-18-10-22(35-8-5-9-38(3,32)33)13-25(34-2)28(18)20-7-4-6-19(11-20)16-37-26-14-24-23(15-29-26)21(17-36-24)12-27(30)31/h4,6-7,10-11,13-15,21H,5,8-9,12,16-17H2,1-3H3,(H,30,31)/t21-/m1/s1. The van der Waals surface area contributed by atoms with E-state index in [-0.39, 0.29) is 24.7 Å². The second-order valence-corrected chi connectivity index (χ2v) is 11.6. The van der Waals surface area contributed by atoms with Crippen LogP contribution in [-0.2, 0) is 21.2 Å². The van der Waals surface area contributed by atoms with Crippen LogP contribution in [0.4, 0.5) is 0 Å². The van der Waals surface area contributed by atoms with E-state index >= 15 is 0 Å². The molecule has 0 spiro atoms. The highest BCUT2D eigenvalue weighted by atomic mass is 32.2. The van der Waals surface area contributed by atoms with E-state index in [4.69, 9.17) is 24.1 Å². The van der Waals surface area contributed by atoms with Crippen LogP contribution in [0.15, 0.2) is 48.7 Å². The summed E-state index contributed by atoms with van der Waals surface area (Å²) < 4.78 is 45.6. The molecule has 0 fully saturated rings. The average Bonchev–Trinajstić information content (AvgIpc) is 3.25. The summed E-state index contributed by atoms with van der Waals surface area (Å²) in [6.45, 7) is 2.86. The molecular formula is C28H31NO8S. The molecule has 1 aromatic heterocycles. The van der Waals surface area contributed by atoms with Crippen molar-refractivity contribution < 1.29 is 37.3 Å². The summed E-state index contributed by atoms with van der Waals surface area (Å²) in [6.07, 6.45) is 3.25. The Labute approximate surface area is 222 Å². The maximum Gasteiger partial charge on any atom is 0.304 e. The average molecular weight is 542 g/mol. The van der Waals surface area contributed by atoms with Crippen LogP contribution in [0.5, 0.6) is 23.1 Å². The third-order valence-electron chi connectivity index (χ3n) is 6.19. The lowest BCUT2D eigenvalue weighted by atomic mass is 9.97. The van der Waals surface area contributed by atoms with Crippen LogP contribution in [0, 0.1) is 6.92 Å². The van der Waals surface area contributed by atoms with Crippen molar-refractivity contribution in [3.63, 3.8) is 0 Å². The second-order valence-electron chi connectivity index (χ2n) is 9.30. The van der Waals surface area contributed by atoms with Crippen molar-refractivity contribution in [1.82, 2.24) is 4.98 Å². The summed E-state index contributed by atoms with van der Waals surface area (Å²) in [4.78, 5) is 15.4. The molecule has 0 unspecified atom stereocenters. The Kier molecular flexibility index (Phi) is 8.41. The van der Waals surface area contributed by atoms with E-state index in [9.17, 15) is 13.2 Å². The van der Waals surface area contributed by atoms with Gasteiger partial charge in [0.1, 0.15) is 33.7 Å². The van der Waals surface area contributed by atoms with E-state index in [2.05, 4.69) is 4.98 Å². The first-order chi connectivity index (χ1) is 18.1. The molecule has 1 atom stereocenters. The molecule has 1 aliphatic rings. The number of fused-ring (bicyclic) bond motifs is 1. The minimum atomic E-state index is -3.02. The number of rotatable bonds is 12. The first kappa shape index (κ1) is 27.3. The van der Waals surface area contributed by atoms with Crippen molar-refractivity contribution in [2.75, 3.05) is 32.3 Å². The zero-order chi connectivity index (χ0) is 27.3. The van der Waals surface area contributed by atoms with E-state index in [1.54, 1.807) is 25.4 Å². The number of benzene rings is 2. The highest BCUT2D eigenvalue weighted by molar-refractivity contribution is 7.90. The second kappa shape index (κ2) is 11.7. The van der Waals surface area contributed by atoms with Crippen LogP contribution in [0.2, 0.25) is 0 Å². The third-order valence-corrected chi connectivity index (χ3v) is 7.22. The fourth-order valence-corrected chi connectivity index (χ4v) is 5.06. The van der Waals surface area contributed by atoms with Crippen molar-refractivity contribution in [3.05, 3.63) is 65.4 Å². The molecule has 2 aromatic carbocycles. The van der Waals surface area contributed by atoms with Gasteiger partial charge in [-0.05, 0) is 42.2 Å². The Morgan fingerprint density at radius 1 is 1.18 bits per heavy atom. The van der Waals surface area contributed by atoms with Gasteiger partial charge in [-0.25, -0.2) is 13.4 Å². The summed E-state index contributed by atoms with van der Waals surface area (Å²) in [6, 6.07) is 13.3. The highest BCUT2D eigenvalue weighted by Crippen LogP contribution is 2.38. The van der Waals surface area contributed by atoms with Crippen molar-refractivity contribution in [2.45, 2.75) is 32.3 Å². The quantitative estimate of drug-likeness (QED) is 0.332. The smallest absolute Gasteiger partial charge is 0.304 e. The normalized spacial score (nSPS) is 14.4. The molecule has 1 N–H and O–H groups in total. The van der Waals surface area contributed by atoms with Crippen LogP contribution >= 0.6 is 0 Å². The topological polar surface area (TPSA) is 121 Å². The molecule has 38 heavy (non-hydrogen) atoms. The molecule has 0 aliphatic carbocycles. The van der Waals surface area contributed by atoms with Gasteiger partial charge in [0.25, 0.3) is 0 Å². The number of sulfone groups is 1. The Bertz CT molecular complexity index is 1420. The van der Waals surface area contributed by atoms with Gasteiger partial charge >= 0.3 is 5.97 Å². The molecule has 1 aliphatic heterocycles. The fraction of sp³-hybridized carbons (Fsp3) is 0.357. The lowest BCUT2D eigenvalue weighted by molar-refractivity contribution is -0.137. The Hall–Kier alpha value is -3.79. The van der Waals surface area contributed by atoms with Gasteiger partial charge in [-0.2, -0.15) is 0 Å². The lowest BCUT2D eigenvalue weighted by Gasteiger charge is -2.16. The third kappa shape index (κ3) is 6.95. The minimum absolute atomic E-state index is 0.000837. The number of carboxylic acid groups (broad SMARTS) is 1. The van der Waals surface area contributed by atoms with Gasteiger partial charge in [-0.1, -0.05) is 18.2 Å². The molecule has 9 nitrogen and oxygen atoms in total. The Morgan fingerprint density at radius 2 is 2.00 bits per heavy atom. The number of aryl methyl sites for hydroxylation is 1. The number of methoxy groups -OCH3 is 1. The first-order valence-corrected chi connectivity index (χ1v) is 14.2. The molecule has 0 saturated carbocycles. The van der Waals surface area contributed by atoms with Crippen molar-refractivity contribution in [3.8, 4) is 34.3 Å². The summed E-state index contributed by atoms with van der Waals surface area (Å²) >= 11 is 0. The number of pyridine rings is 1. The molecule has 2 heterocycles. The van der Waals surface area contributed by atoms with E-state index < -0.39 is 15.8 Å². The van der Waals surface area contributed by atoms with Gasteiger partial charge in [0.2, 0.25) is 5.88 Å². The SMILES string of the molecule is COc1cc(OCCCS(C)(=O)=O)cc(C)c1-c1cccc(COc2cc3c(cn2)[C@H](CC(=O)O)CO3)c1. The predicted octanol–water partition coefficient (Wildman–Crippen LogP) is 4.41. The largest absolute Gasteiger partial charge is 0.496 e. The van der Waals surface area contributed by atoms with Crippen LogP contribution in [0.25, 0.3) is 11.1 Å². The number of aliphatic carboxylic acids is 1. The van der Waals surface area contributed by atoms with Gasteiger partial charge in [-0.15, -0.1) is 0 Å². The van der Waals surface area contributed by atoms with E-state index in [0.717, 1.165) is 27.8 Å². The number of ether oxygens (including phenoxy) is 4. The Balaban J connectivity index is 1.45. The predicted molar refractivity (Wildman–Crippen MR) is 142 cm³/mol. The number of hydrogen-bond donors (Lipinski definition) is 1. The van der Waals surface area contributed by atoms with Crippen molar-refractivity contribution in [1.29, 1.82) is 0 Å². The molecule has 4 rings (SSSR count). The van der Waals surface area contributed by atoms with Crippen molar-refractivity contribution >= 4 is 15.8 Å². The van der Waals surface area contributed by atoms with E-state index in [1.165, 1.54) is 6.26 Å². The van der Waals surface area contributed by atoms with Crippen molar-refractivity contribution in [2.24, 2.45) is 0 Å². The van der Waals surface area contributed by atoms with Crippen LogP contribution < -0.4 is 18.9 Å². The number of carbonyl (C=O) groups is 1. The zero-order valence-electron chi connectivity index (χ0n) is 21.6. The highest BCUT2D eigenvalue weighted by Gasteiger charge is 2.27. The monoisotopic (exact) mass is 541 g/mol. The molecule has 0 saturated heterocycles. The maximum atomic E-state index is 11.3. The van der Waals surface area contributed by atoms with Gasteiger partial charge in [0.15, 0.2) is 0 Å². The van der Waals surface area contributed by atoms with Gasteiger partial charge < -0.3 is 24.1 Å². The molecular weight excluding hydrogens is 510 g/mol. The van der Waals surface area contributed by atoms with Crippen LogP contribution in [-0.4, -0.2) is 56.8 Å². The molecule has 10 heteroatoms. The van der Waals surface area contributed by atoms with Crippen LogP contribution in [0.3, 0.4) is 0 Å². The molecule has 0 radical (unpaired) electrons. The first-order valence-electron chi connectivity index (χ1n) is 12.2. The Morgan fingerprint density at radius 3 is 2.74 bits per heavy atom. The van der Waals surface area contributed by atoms with Crippen LogP contribution in [0.1, 0.15) is 35.4 Å². The zero-order valence-corrected chi connectivity index (χ0v) is 22.4. The fourth-order valence-electron chi connectivity index (χ4n) is 4.42. The number of nitrogens with zero attached hydrogens (tertiary/aromatic N) is 1. The number of hydrogen-bond acceptors (Lipinski definition) is 8. The van der Waals surface area contributed by atoms with Gasteiger partial charge in [0.05, 0.1) is 32.5 Å². The summed E-state index contributed by atoms with van der Waals surface area (Å²) in [5.41, 5.74) is 4.54.